The normalized spacial score (nSPS) is 18.8. The molecule has 3 rings (SSSR count). The third-order valence-electron chi connectivity index (χ3n) is 4.61. The molecule has 0 amide bonds. The van der Waals surface area contributed by atoms with E-state index in [1.807, 2.05) is 12.1 Å². The average molecular weight is 260 g/mol. The summed E-state index contributed by atoms with van der Waals surface area (Å²) >= 11 is 0. The van der Waals surface area contributed by atoms with Crippen LogP contribution in [0.2, 0.25) is 0 Å². The van der Waals surface area contributed by atoms with Crippen LogP contribution in [0.15, 0.2) is 27.4 Å². The zero-order chi connectivity index (χ0) is 13.5. The Kier molecular flexibility index (Phi) is 2.97. The number of nitrogens with two attached hydrogens (primary N) is 1. The van der Waals surface area contributed by atoms with Crippen LogP contribution in [-0.2, 0) is 12.5 Å². The minimum Gasteiger partial charge on any atom is -0.408 e. The second kappa shape index (κ2) is 4.53. The van der Waals surface area contributed by atoms with Crippen molar-refractivity contribution in [2.45, 2.75) is 37.5 Å². The van der Waals surface area contributed by atoms with Crippen molar-refractivity contribution in [1.29, 1.82) is 0 Å². The molecule has 0 unspecified atom stereocenters. The van der Waals surface area contributed by atoms with Gasteiger partial charge in [-0.1, -0.05) is 25.3 Å². The van der Waals surface area contributed by atoms with Gasteiger partial charge < -0.3 is 10.2 Å². The zero-order valence-corrected chi connectivity index (χ0v) is 11.3. The maximum atomic E-state index is 11.5. The molecule has 1 heterocycles. The fraction of sp³-hybridized carbons (Fsp3) is 0.533. The molecule has 1 aliphatic rings. The van der Waals surface area contributed by atoms with Crippen LogP contribution in [0.5, 0.6) is 0 Å². The van der Waals surface area contributed by atoms with Crippen LogP contribution in [0.1, 0.15) is 37.7 Å². The van der Waals surface area contributed by atoms with Crippen molar-refractivity contribution in [2.24, 2.45) is 12.8 Å². The Labute approximate surface area is 112 Å². The van der Waals surface area contributed by atoms with Gasteiger partial charge in [0.1, 0.15) is 0 Å². The third-order valence-corrected chi connectivity index (χ3v) is 4.61. The van der Waals surface area contributed by atoms with Crippen molar-refractivity contribution in [3.63, 3.8) is 0 Å². The molecule has 0 aliphatic heterocycles. The second-order valence-corrected chi connectivity index (χ2v) is 5.65. The lowest BCUT2D eigenvalue weighted by Crippen LogP contribution is -2.37. The first-order valence-corrected chi connectivity index (χ1v) is 6.96. The van der Waals surface area contributed by atoms with Crippen LogP contribution in [0, 0.1) is 0 Å². The van der Waals surface area contributed by atoms with Crippen molar-refractivity contribution in [1.82, 2.24) is 4.57 Å². The van der Waals surface area contributed by atoms with E-state index in [0.717, 1.165) is 18.4 Å². The number of oxazole rings is 1. The first-order valence-electron chi connectivity index (χ1n) is 6.96. The molecule has 2 aromatic rings. The van der Waals surface area contributed by atoms with E-state index in [-0.39, 0.29) is 11.2 Å². The van der Waals surface area contributed by atoms with Gasteiger partial charge in [-0.3, -0.25) is 4.57 Å². The van der Waals surface area contributed by atoms with Gasteiger partial charge in [-0.15, -0.1) is 0 Å². The smallest absolute Gasteiger partial charge is 0.408 e. The molecule has 0 atom stereocenters. The summed E-state index contributed by atoms with van der Waals surface area (Å²) in [5.74, 6) is -0.308. The molecule has 0 spiro atoms. The standard InChI is InChI=1S/C15H20N2O2/c1-17-12-6-5-11(9-13(12)19-14(17)18)15(10-16)7-3-2-4-8-15/h5-6,9H,2-4,7-8,10,16H2,1H3. The molecular formula is C15H20N2O2. The van der Waals surface area contributed by atoms with Gasteiger partial charge in [0.25, 0.3) is 0 Å². The Bertz CT molecular complexity index is 648. The fourth-order valence-corrected chi connectivity index (χ4v) is 3.30. The van der Waals surface area contributed by atoms with E-state index in [1.165, 1.54) is 29.4 Å². The summed E-state index contributed by atoms with van der Waals surface area (Å²) < 4.78 is 6.82. The van der Waals surface area contributed by atoms with E-state index in [9.17, 15) is 4.79 Å². The molecule has 1 saturated carbocycles. The molecule has 102 valence electrons. The van der Waals surface area contributed by atoms with E-state index in [1.54, 1.807) is 7.05 Å². The average Bonchev–Trinajstić information content (AvgIpc) is 2.74. The molecule has 2 N–H and O–H groups in total. The van der Waals surface area contributed by atoms with E-state index in [2.05, 4.69) is 6.07 Å². The third kappa shape index (κ3) is 1.91. The lowest BCUT2D eigenvalue weighted by atomic mass is 9.69. The number of nitrogens with zero attached hydrogens (tertiary/aromatic N) is 1. The lowest BCUT2D eigenvalue weighted by molar-refractivity contribution is 0.301. The van der Waals surface area contributed by atoms with Gasteiger partial charge in [-0.25, -0.2) is 4.79 Å². The Morgan fingerprint density at radius 1 is 1.32 bits per heavy atom. The molecule has 0 radical (unpaired) electrons. The predicted molar refractivity (Wildman–Crippen MR) is 75.3 cm³/mol. The summed E-state index contributed by atoms with van der Waals surface area (Å²) in [7, 11) is 1.73. The Hall–Kier alpha value is -1.55. The number of benzene rings is 1. The van der Waals surface area contributed by atoms with Gasteiger partial charge in [-0.05, 0) is 30.5 Å². The molecule has 1 aromatic carbocycles. The van der Waals surface area contributed by atoms with E-state index >= 15 is 0 Å². The molecule has 19 heavy (non-hydrogen) atoms. The van der Waals surface area contributed by atoms with Crippen LogP contribution in [-0.4, -0.2) is 11.1 Å². The topological polar surface area (TPSA) is 61.2 Å². The number of aromatic nitrogens is 1. The number of hydrogen-bond donors (Lipinski definition) is 1. The Morgan fingerprint density at radius 2 is 2.05 bits per heavy atom. The Morgan fingerprint density at radius 3 is 2.74 bits per heavy atom. The van der Waals surface area contributed by atoms with Crippen LogP contribution in [0.3, 0.4) is 0 Å². The van der Waals surface area contributed by atoms with Gasteiger partial charge >= 0.3 is 5.76 Å². The molecule has 1 aliphatic carbocycles. The minimum absolute atomic E-state index is 0.0703. The predicted octanol–water partition coefficient (Wildman–Crippen LogP) is 2.29. The number of aryl methyl sites for hydroxylation is 1. The zero-order valence-electron chi connectivity index (χ0n) is 11.3. The molecule has 0 bridgehead atoms. The molecular weight excluding hydrogens is 240 g/mol. The molecule has 1 aromatic heterocycles. The summed E-state index contributed by atoms with van der Waals surface area (Å²) in [6.07, 6.45) is 6.02. The minimum atomic E-state index is -0.308. The number of hydrogen-bond acceptors (Lipinski definition) is 3. The van der Waals surface area contributed by atoms with Crippen molar-refractivity contribution >= 4 is 11.1 Å². The summed E-state index contributed by atoms with van der Waals surface area (Å²) in [4.78, 5) is 11.5. The van der Waals surface area contributed by atoms with E-state index < -0.39 is 0 Å². The van der Waals surface area contributed by atoms with Crippen LogP contribution < -0.4 is 11.5 Å². The summed E-state index contributed by atoms with van der Waals surface area (Å²) in [6, 6.07) is 6.09. The van der Waals surface area contributed by atoms with Crippen LogP contribution in [0.25, 0.3) is 11.1 Å². The van der Waals surface area contributed by atoms with Crippen molar-refractivity contribution < 1.29 is 4.42 Å². The molecule has 4 heteroatoms. The van der Waals surface area contributed by atoms with Crippen LogP contribution >= 0.6 is 0 Å². The van der Waals surface area contributed by atoms with Gasteiger partial charge in [-0.2, -0.15) is 0 Å². The summed E-state index contributed by atoms with van der Waals surface area (Å²) in [6.45, 7) is 0.662. The molecule has 0 saturated heterocycles. The maximum absolute atomic E-state index is 11.5. The van der Waals surface area contributed by atoms with Crippen LogP contribution in [0.4, 0.5) is 0 Å². The van der Waals surface area contributed by atoms with Crippen molar-refractivity contribution in [3.05, 3.63) is 34.3 Å². The summed E-state index contributed by atoms with van der Waals surface area (Å²) in [5.41, 5.74) is 8.86. The van der Waals surface area contributed by atoms with E-state index in [0.29, 0.717) is 12.1 Å². The summed E-state index contributed by atoms with van der Waals surface area (Å²) in [5, 5.41) is 0. The lowest BCUT2D eigenvalue weighted by Gasteiger charge is -2.36. The highest BCUT2D eigenvalue weighted by Crippen LogP contribution is 2.39. The number of rotatable bonds is 2. The van der Waals surface area contributed by atoms with Crippen molar-refractivity contribution in [2.75, 3.05) is 6.54 Å². The highest BCUT2D eigenvalue weighted by Gasteiger charge is 2.32. The van der Waals surface area contributed by atoms with Crippen molar-refractivity contribution in [3.8, 4) is 0 Å². The second-order valence-electron chi connectivity index (χ2n) is 5.65. The monoisotopic (exact) mass is 260 g/mol. The SMILES string of the molecule is Cn1c(=O)oc2cc(C3(CN)CCCCC3)ccc21. The van der Waals surface area contributed by atoms with E-state index in [4.69, 9.17) is 10.2 Å². The van der Waals surface area contributed by atoms with Gasteiger partial charge in [0.05, 0.1) is 5.52 Å². The highest BCUT2D eigenvalue weighted by molar-refractivity contribution is 5.74. The fourth-order valence-electron chi connectivity index (χ4n) is 3.30. The largest absolute Gasteiger partial charge is 0.419 e. The molecule has 1 fully saturated rings. The highest BCUT2D eigenvalue weighted by atomic mass is 16.4. The Balaban J connectivity index is 2.11. The molecule has 4 nitrogen and oxygen atoms in total. The van der Waals surface area contributed by atoms with Gasteiger partial charge in [0.2, 0.25) is 0 Å². The number of fused-ring (bicyclic) bond motifs is 1. The quantitative estimate of drug-likeness (QED) is 0.901. The first kappa shape index (κ1) is 12.5. The first-order chi connectivity index (χ1) is 9.16. The van der Waals surface area contributed by atoms with Gasteiger partial charge in [0, 0.05) is 19.0 Å². The maximum Gasteiger partial charge on any atom is 0.419 e. The van der Waals surface area contributed by atoms with Gasteiger partial charge in [0.15, 0.2) is 5.58 Å².